The van der Waals surface area contributed by atoms with Crippen molar-refractivity contribution in [1.82, 2.24) is 30.0 Å². The highest BCUT2D eigenvalue weighted by Gasteiger charge is 2.35. The summed E-state index contributed by atoms with van der Waals surface area (Å²) >= 11 is 6.41. The van der Waals surface area contributed by atoms with Crippen molar-refractivity contribution in [1.29, 1.82) is 0 Å². The van der Waals surface area contributed by atoms with Gasteiger partial charge in [-0.05, 0) is 157 Å². The highest BCUT2D eigenvalue weighted by Crippen LogP contribution is 2.43. The Bertz CT molecular complexity index is 2560. The fourth-order valence-electron chi connectivity index (χ4n) is 10.8. The Balaban J connectivity index is 0.780. The second-order valence-electron chi connectivity index (χ2n) is 19.4. The molecule has 3 aliphatic heterocycles. The van der Waals surface area contributed by atoms with E-state index in [9.17, 15) is 32.3 Å². The molecule has 1 atom stereocenters. The number of carbonyl (C=O) groups is 4. The van der Waals surface area contributed by atoms with E-state index in [1.54, 1.807) is 39.2 Å². The zero-order valence-electron chi connectivity index (χ0n) is 39.8. The number of alkyl halides is 3. The van der Waals surface area contributed by atoms with Gasteiger partial charge in [-0.1, -0.05) is 11.6 Å². The van der Waals surface area contributed by atoms with Gasteiger partial charge in [0.2, 0.25) is 11.8 Å². The lowest BCUT2D eigenvalue weighted by molar-refractivity contribution is -0.138. The number of nitrogens with one attached hydrogen (secondary N) is 2. The Morgan fingerprint density at radius 1 is 0.942 bits per heavy atom. The van der Waals surface area contributed by atoms with Gasteiger partial charge in [-0.15, -0.1) is 0 Å². The maximum atomic E-state index is 13.9. The Morgan fingerprint density at radius 3 is 2.33 bits per heavy atom. The fraction of sp³-hybridized carbons (Fsp3) is 0.529. The van der Waals surface area contributed by atoms with Gasteiger partial charge in [0.05, 0.1) is 34.9 Å². The summed E-state index contributed by atoms with van der Waals surface area (Å²) in [5, 5.41) is 6.72. The molecule has 69 heavy (non-hydrogen) atoms. The Hall–Kier alpha value is -5.68. The van der Waals surface area contributed by atoms with Crippen LogP contribution in [0.15, 0.2) is 48.5 Å². The first-order valence-corrected chi connectivity index (χ1v) is 24.6. The van der Waals surface area contributed by atoms with Crippen molar-refractivity contribution in [3.63, 3.8) is 0 Å². The van der Waals surface area contributed by atoms with E-state index in [0.717, 1.165) is 107 Å². The highest BCUT2D eigenvalue weighted by molar-refractivity contribution is 6.34. The molecule has 0 radical (unpaired) electrons. The molecule has 3 saturated heterocycles. The Morgan fingerprint density at radius 2 is 1.65 bits per heavy atom. The first-order valence-electron chi connectivity index (χ1n) is 24.2. The minimum Gasteiger partial charge on any atom is -0.496 e. The number of piperidine rings is 2. The zero-order valence-corrected chi connectivity index (χ0v) is 40.6. The number of rotatable bonds is 13. The summed E-state index contributed by atoms with van der Waals surface area (Å²) in [7, 11) is 3.81. The fourth-order valence-corrected chi connectivity index (χ4v) is 11.0. The molecular formula is C51H63ClF3N9O5. The molecule has 14 nitrogen and oxygen atoms in total. The van der Waals surface area contributed by atoms with Crippen LogP contribution in [0.4, 0.5) is 35.2 Å². The van der Waals surface area contributed by atoms with Gasteiger partial charge in [-0.25, -0.2) is 14.8 Å². The smallest absolute Gasteiger partial charge is 0.416 e. The number of nitrogen functional groups attached to an aromatic ring is 1. The van der Waals surface area contributed by atoms with E-state index < -0.39 is 23.8 Å². The van der Waals surface area contributed by atoms with Gasteiger partial charge in [-0.3, -0.25) is 24.6 Å². The van der Waals surface area contributed by atoms with E-state index in [1.807, 2.05) is 17.0 Å². The van der Waals surface area contributed by atoms with Crippen LogP contribution in [-0.4, -0.2) is 108 Å². The second-order valence-corrected chi connectivity index (χ2v) is 19.8. The van der Waals surface area contributed by atoms with Crippen LogP contribution in [-0.2, 0) is 15.8 Å². The number of aromatic nitrogens is 2. The first-order chi connectivity index (χ1) is 32.9. The number of likely N-dealkylation sites (tertiary alicyclic amines) is 2. The average Bonchev–Trinajstić information content (AvgIpc) is 3.33. The molecule has 4 aromatic rings. The van der Waals surface area contributed by atoms with Gasteiger partial charge in [0.25, 0.3) is 5.91 Å². The number of methoxy groups -OCH3 is 1. The number of benzene rings is 3. The van der Waals surface area contributed by atoms with E-state index >= 15 is 0 Å². The molecule has 0 spiro atoms. The van der Waals surface area contributed by atoms with Gasteiger partial charge in [0.15, 0.2) is 0 Å². The van der Waals surface area contributed by atoms with Crippen LogP contribution in [0.2, 0.25) is 5.02 Å². The van der Waals surface area contributed by atoms with Crippen LogP contribution in [0.25, 0.3) is 10.9 Å². The van der Waals surface area contributed by atoms with Crippen molar-refractivity contribution in [2.24, 2.45) is 11.8 Å². The van der Waals surface area contributed by atoms with E-state index in [-0.39, 0.29) is 48.2 Å². The van der Waals surface area contributed by atoms with Crippen LogP contribution < -0.4 is 26.0 Å². The molecule has 18 heteroatoms. The molecule has 5 amide bonds. The van der Waals surface area contributed by atoms with Gasteiger partial charge in [0, 0.05) is 73.8 Å². The Labute approximate surface area is 406 Å². The third-order valence-electron chi connectivity index (χ3n) is 14.8. The van der Waals surface area contributed by atoms with Gasteiger partial charge >= 0.3 is 12.2 Å². The lowest BCUT2D eigenvalue weighted by atomic mass is 9.77. The number of ether oxygens (including phenoxy) is 1. The third-order valence-corrected chi connectivity index (χ3v) is 15.1. The number of nitrogens with two attached hydrogens (primary N) is 1. The number of urea groups is 1. The predicted molar refractivity (Wildman–Crippen MR) is 260 cm³/mol. The molecule has 4 N–H and O–H groups in total. The normalized spacial score (nSPS) is 20.3. The van der Waals surface area contributed by atoms with E-state index in [1.165, 1.54) is 11.0 Å². The number of imide groups is 1. The largest absolute Gasteiger partial charge is 0.496 e. The van der Waals surface area contributed by atoms with Crippen molar-refractivity contribution in [3.8, 4) is 5.75 Å². The topological polar surface area (TPSA) is 166 Å². The monoisotopic (exact) mass is 973 g/mol. The summed E-state index contributed by atoms with van der Waals surface area (Å²) in [6.07, 6.45) is 4.77. The molecule has 370 valence electrons. The minimum absolute atomic E-state index is 0.0249. The zero-order chi connectivity index (χ0) is 49.1. The molecule has 1 aromatic heterocycles. The standard InChI is InChI=1S/C51H63ClF3N9O5/c1-30(36-24-37(51(53,54)55)27-38(56)25-36)57-47-41-28-40(45(69-4)29-43(41)58-31(2)59-47)33-7-9-34(10-8-33)48(66)62-19-13-32(14-20-62)6-5-18-61(3)39-15-21-63(22-16-39)49(67)35-11-12-42(52)44(26-35)64-23-17-46(65)60-50(64)68/h11-12,24-30,32-34,39H,5-10,13-23,56H2,1-4H3,(H,57,58,59)(H,60,65,68)/t30-,33?,34?/m1/s1. The summed E-state index contributed by atoms with van der Waals surface area (Å²) < 4.78 is 46.8. The molecule has 1 aliphatic carbocycles. The lowest BCUT2D eigenvalue weighted by Crippen LogP contribution is -2.49. The summed E-state index contributed by atoms with van der Waals surface area (Å²) in [4.78, 5) is 68.6. The number of halogens is 4. The summed E-state index contributed by atoms with van der Waals surface area (Å²) in [5.41, 5.74) is 8.04. The predicted octanol–water partition coefficient (Wildman–Crippen LogP) is 9.35. The minimum atomic E-state index is -4.53. The van der Waals surface area contributed by atoms with Crippen molar-refractivity contribution in [3.05, 3.63) is 81.6 Å². The maximum Gasteiger partial charge on any atom is 0.416 e. The van der Waals surface area contributed by atoms with Crippen LogP contribution in [0.5, 0.6) is 5.75 Å². The molecule has 1 saturated carbocycles. The van der Waals surface area contributed by atoms with Crippen molar-refractivity contribution in [2.75, 3.05) is 69.4 Å². The molecule has 3 aromatic carbocycles. The van der Waals surface area contributed by atoms with Crippen molar-refractivity contribution < 1.29 is 37.1 Å². The molecule has 4 fully saturated rings. The number of amides is 5. The Kier molecular flexibility index (Phi) is 15.2. The number of carbonyl (C=O) groups excluding carboxylic acids is 4. The number of anilines is 3. The SMILES string of the molecule is COc1cc2nc(C)nc(N[C@H](C)c3cc(N)cc(C(F)(F)F)c3)c2cc1C1CCC(C(=O)N2CCC(CCCN(C)C3CCN(C(=O)c4ccc(Cl)c(N5CCC(=O)NC5=O)c4)CC3)CC2)CC1. The van der Waals surface area contributed by atoms with E-state index in [0.29, 0.717) is 69.8 Å². The highest BCUT2D eigenvalue weighted by atomic mass is 35.5. The third kappa shape index (κ3) is 11.5. The summed E-state index contributed by atoms with van der Waals surface area (Å²) in [5.74, 6) is 2.26. The lowest BCUT2D eigenvalue weighted by Gasteiger charge is -2.38. The molecular weight excluding hydrogens is 911 g/mol. The molecule has 4 aliphatic rings. The molecule has 0 unspecified atom stereocenters. The van der Waals surface area contributed by atoms with Gasteiger partial charge in [-0.2, -0.15) is 13.2 Å². The number of fused-ring (bicyclic) bond motifs is 1. The van der Waals surface area contributed by atoms with Crippen LogP contribution in [0.3, 0.4) is 0 Å². The molecule has 4 heterocycles. The average molecular weight is 975 g/mol. The van der Waals surface area contributed by atoms with Crippen molar-refractivity contribution in [2.45, 2.75) is 109 Å². The molecule has 0 bridgehead atoms. The number of hydrogen-bond acceptors (Lipinski definition) is 10. The number of aryl methyl sites for hydroxylation is 1. The van der Waals surface area contributed by atoms with Crippen LogP contribution >= 0.6 is 11.6 Å². The van der Waals surface area contributed by atoms with Crippen LogP contribution in [0, 0.1) is 18.8 Å². The van der Waals surface area contributed by atoms with Gasteiger partial charge in [0.1, 0.15) is 17.4 Å². The summed E-state index contributed by atoms with van der Waals surface area (Å²) in [6.45, 7) is 7.56. The maximum absolute atomic E-state index is 13.9. The van der Waals surface area contributed by atoms with E-state index in [2.05, 4.69) is 37.4 Å². The number of nitrogens with zero attached hydrogens (tertiary/aromatic N) is 6. The van der Waals surface area contributed by atoms with Crippen molar-refractivity contribution >= 4 is 63.4 Å². The van der Waals surface area contributed by atoms with Gasteiger partial charge < -0.3 is 30.5 Å². The summed E-state index contributed by atoms with van der Waals surface area (Å²) in [6, 6.07) is 11.8. The first kappa shape index (κ1) is 49.7. The number of hydrogen-bond donors (Lipinski definition) is 3. The molecule has 8 rings (SSSR count). The second kappa shape index (κ2) is 21.1. The van der Waals surface area contributed by atoms with E-state index in [4.69, 9.17) is 22.1 Å². The quantitative estimate of drug-likeness (QED) is 0.110. The van der Waals surface area contributed by atoms with Crippen LogP contribution in [0.1, 0.15) is 122 Å².